The molecule has 27 heavy (non-hydrogen) atoms. The first-order valence-corrected chi connectivity index (χ1v) is 10.00. The van der Waals surface area contributed by atoms with Crippen LogP contribution >= 0.6 is 27.7 Å². The molecule has 2 aromatic rings. The summed E-state index contributed by atoms with van der Waals surface area (Å²) in [6, 6.07) is 14.0. The summed E-state index contributed by atoms with van der Waals surface area (Å²) in [4.78, 5) is 38.2. The molecular weight excluding hydrogens is 432 g/mol. The number of methoxy groups -OCH3 is 1. The lowest BCUT2D eigenvalue weighted by Crippen LogP contribution is -2.31. The maximum absolute atomic E-state index is 12.6. The van der Waals surface area contributed by atoms with E-state index in [1.54, 1.807) is 43.5 Å². The van der Waals surface area contributed by atoms with Crippen LogP contribution in [-0.2, 0) is 14.4 Å². The molecule has 0 bridgehead atoms. The van der Waals surface area contributed by atoms with Gasteiger partial charge in [-0.3, -0.25) is 14.4 Å². The zero-order valence-electron chi connectivity index (χ0n) is 14.5. The highest BCUT2D eigenvalue weighted by Gasteiger charge is 2.40. The number of hydrogen-bond donors (Lipinski definition) is 1. The van der Waals surface area contributed by atoms with E-state index in [0.717, 1.165) is 4.47 Å². The first kappa shape index (κ1) is 19.4. The van der Waals surface area contributed by atoms with E-state index in [0.29, 0.717) is 17.1 Å². The van der Waals surface area contributed by atoms with Crippen molar-refractivity contribution in [1.82, 2.24) is 0 Å². The van der Waals surface area contributed by atoms with Crippen molar-refractivity contribution in [2.24, 2.45) is 0 Å². The molecule has 1 heterocycles. The second-order valence-electron chi connectivity index (χ2n) is 5.83. The number of carbonyl (C=O) groups excluding carboxylic acids is 3. The smallest absolute Gasteiger partial charge is 0.247 e. The monoisotopic (exact) mass is 448 g/mol. The van der Waals surface area contributed by atoms with Crippen molar-refractivity contribution in [3.05, 3.63) is 53.0 Å². The third-order valence-electron chi connectivity index (χ3n) is 3.96. The van der Waals surface area contributed by atoms with Gasteiger partial charge in [-0.2, -0.15) is 0 Å². The lowest BCUT2D eigenvalue weighted by atomic mass is 10.3. The molecule has 1 aliphatic heterocycles. The lowest BCUT2D eigenvalue weighted by Gasteiger charge is -2.15. The number of halogens is 1. The van der Waals surface area contributed by atoms with Crippen molar-refractivity contribution in [2.75, 3.05) is 23.1 Å². The molecule has 3 rings (SSSR count). The molecule has 1 aliphatic rings. The quantitative estimate of drug-likeness (QED) is 0.684. The molecular formula is C19H17BrN2O4S. The van der Waals surface area contributed by atoms with E-state index in [2.05, 4.69) is 21.2 Å². The van der Waals surface area contributed by atoms with E-state index >= 15 is 0 Å². The first-order valence-electron chi connectivity index (χ1n) is 8.16. The fourth-order valence-corrected chi connectivity index (χ4v) is 4.01. The SMILES string of the molecule is COc1ccc(N2C(=O)CC(SCC(=O)Nc3cccc(Br)c3)C2=O)cc1. The minimum absolute atomic E-state index is 0.0830. The molecule has 1 fully saturated rings. The maximum Gasteiger partial charge on any atom is 0.247 e. The average molecular weight is 449 g/mol. The molecule has 0 spiro atoms. The van der Waals surface area contributed by atoms with Crippen LogP contribution in [0.3, 0.4) is 0 Å². The third-order valence-corrected chi connectivity index (χ3v) is 5.65. The summed E-state index contributed by atoms with van der Waals surface area (Å²) in [7, 11) is 1.55. The van der Waals surface area contributed by atoms with Crippen LogP contribution < -0.4 is 15.0 Å². The highest BCUT2D eigenvalue weighted by atomic mass is 79.9. The number of thioether (sulfide) groups is 1. The largest absolute Gasteiger partial charge is 0.497 e. The molecule has 0 aliphatic carbocycles. The van der Waals surface area contributed by atoms with Gasteiger partial charge in [0.15, 0.2) is 0 Å². The van der Waals surface area contributed by atoms with Gasteiger partial charge < -0.3 is 10.1 Å². The molecule has 0 saturated carbocycles. The molecule has 1 saturated heterocycles. The van der Waals surface area contributed by atoms with Crippen LogP contribution in [-0.4, -0.2) is 35.8 Å². The van der Waals surface area contributed by atoms with Gasteiger partial charge >= 0.3 is 0 Å². The summed E-state index contributed by atoms with van der Waals surface area (Å²) in [5, 5.41) is 2.21. The summed E-state index contributed by atoms with van der Waals surface area (Å²) in [5.74, 6) is -0.0538. The van der Waals surface area contributed by atoms with Crippen molar-refractivity contribution in [3.63, 3.8) is 0 Å². The molecule has 1 N–H and O–H groups in total. The van der Waals surface area contributed by atoms with E-state index in [4.69, 9.17) is 4.74 Å². The Hall–Kier alpha value is -2.32. The normalized spacial score (nSPS) is 16.5. The molecule has 0 aromatic heterocycles. The van der Waals surface area contributed by atoms with E-state index in [9.17, 15) is 14.4 Å². The molecule has 2 aromatic carbocycles. The van der Waals surface area contributed by atoms with E-state index in [1.807, 2.05) is 12.1 Å². The van der Waals surface area contributed by atoms with E-state index in [-0.39, 0.29) is 29.9 Å². The number of hydrogen-bond acceptors (Lipinski definition) is 5. The van der Waals surface area contributed by atoms with Crippen molar-refractivity contribution >= 4 is 56.8 Å². The Bertz CT molecular complexity index is 872. The van der Waals surface area contributed by atoms with Crippen molar-refractivity contribution in [2.45, 2.75) is 11.7 Å². The van der Waals surface area contributed by atoms with Gasteiger partial charge in [0, 0.05) is 16.6 Å². The number of nitrogens with one attached hydrogen (secondary N) is 1. The van der Waals surface area contributed by atoms with Gasteiger partial charge in [-0.05, 0) is 42.5 Å². The van der Waals surface area contributed by atoms with Crippen LogP contribution in [0.4, 0.5) is 11.4 Å². The summed E-state index contributed by atoms with van der Waals surface area (Å²) < 4.78 is 5.95. The Kier molecular flexibility index (Phi) is 6.18. The molecule has 8 heteroatoms. The van der Waals surface area contributed by atoms with Crippen LogP contribution in [0.1, 0.15) is 6.42 Å². The topological polar surface area (TPSA) is 75.7 Å². The number of rotatable bonds is 6. The van der Waals surface area contributed by atoms with E-state index < -0.39 is 5.25 Å². The van der Waals surface area contributed by atoms with E-state index in [1.165, 1.54) is 16.7 Å². The predicted molar refractivity (Wildman–Crippen MR) is 109 cm³/mol. The maximum atomic E-state index is 12.6. The van der Waals surface area contributed by atoms with Gasteiger partial charge in [0.1, 0.15) is 5.75 Å². The van der Waals surface area contributed by atoms with Crippen LogP contribution in [0.5, 0.6) is 5.75 Å². The zero-order valence-corrected chi connectivity index (χ0v) is 16.9. The first-order chi connectivity index (χ1) is 13.0. The summed E-state index contributed by atoms with van der Waals surface area (Å²) in [6.07, 6.45) is 0.0830. The zero-order chi connectivity index (χ0) is 19.4. The highest BCUT2D eigenvalue weighted by molar-refractivity contribution is 9.10. The molecule has 0 radical (unpaired) electrons. The minimum atomic E-state index is -0.562. The molecule has 1 atom stereocenters. The number of benzene rings is 2. The molecule has 140 valence electrons. The van der Waals surface area contributed by atoms with Crippen LogP contribution in [0.25, 0.3) is 0 Å². The second-order valence-corrected chi connectivity index (χ2v) is 7.93. The van der Waals surface area contributed by atoms with Crippen molar-refractivity contribution < 1.29 is 19.1 Å². The summed E-state index contributed by atoms with van der Waals surface area (Å²) in [6.45, 7) is 0. The van der Waals surface area contributed by atoms with Gasteiger partial charge in [0.25, 0.3) is 0 Å². The Labute approximate surface area is 169 Å². The molecule has 3 amide bonds. The number of amides is 3. The lowest BCUT2D eigenvalue weighted by molar-refractivity contribution is -0.121. The van der Waals surface area contributed by atoms with Gasteiger partial charge in [-0.25, -0.2) is 4.90 Å². The Morgan fingerprint density at radius 3 is 2.67 bits per heavy atom. The van der Waals surface area contributed by atoms with Gasteiger partial charge in [0.2, 0.25) is 17.7 Å². The highest BCUT2D eigenvalue weighted by Crippen LogP contribution is 2.30. The number of carbonyl (C=O) groups is 3. The summed E-state index contributed by atoms with van der Waals surface area (Å²) >= 11 is 4.52. The standard InChI is InChI=1S/C19H17BrN2O4S/c1-26-15-7-5-14(6-8-15)22-18(24)10-16(19(22)25)27-11-17(23)21-13-4-2-3-12(20)9-13/h2-9,16H,10-11H2,1H3,(H,21,23). The predicted octanol–water partition coefficient (Wildman–Crippen LogP) is 3.46. The van der Waals surface area contributed by atoms with Gasteiger partial charge in [0.05, 0.1) is 23.8 Å². The third kappa shape index (κ3) is 4.70. The van der Waals surface area contributed by atoms with Gasteiger partial charge in [-0.15, -0.1) is 11.8 Å². The number of imide groups is 1. The Balaban J connectivity index is 1.58. The number of anilines is 2. The van der Waals surface area contributed by atoms with Crippen LogP contribution in [0.15, 0.2) is 53.0 Å². The van der Waals surface area contributed by atoms with Crippen LogP contribution in [0, 0.1) is 0 Å². The Morgan fingerprint density at radius 2 is 2.00 bits per heavy atom. The summed E-state index contributed by atoms with van der Waals surface area (Å²) in [5.41, 5.74) is 1.18. The Morgan fingerprint density at radius 1 is 1.26 bits per heavy atom. The minimum Gasteiger partial charge on any atom is -0.497 e. The van der Waals surface area contributed by atoms with Crippen molar-refractivity contribution in [1.29, 1.82) is 0 Å². The molecule has 6 nitrogen and oxygen atoms in total. The number of ether oxygens (including phenoxy) is 1. The average Bonchev–Trinajstić information content (AvgIpc) is 2.94. The van der Waals surface area contributed by atoms with Crippen molar-refractivity contribution in [3.8, 4) is 5.75 Å². The fraction of sp³-hybridized carbons (Fsp3) is 0.211. The molecule has 1 unspecified atom stereocenters. The van der Waals surface area contributed by atoms with Crippen LogP contribution in [0.2, 0.25) is 0 Å². The fourth-order valence-electron chi connectivity index (χ4n) is 2.68. The van der Waals surface area contributed by atoms with Gasteiger partial charge in [-0.1, -0.05) is 22.0 Å². The number of nitrogens with zero attached hydrogens (tertiary/aromatic N) is 1. The second kappa shape index (κ2) is 8.58.